The van der Waals surface area contributed by atoms with Gasteiger partial charge in [-0.1, -0.05) is 30.6 Å². The smallest absolute Gasteiger partial charge is 0.250 e. The summed E-state index contributed by atoms with van der Waals surface area (Å²) < 4.78 is 1.62. The number of aromatic nitrogens is 4. The molecule has 6 nitrogen and oxygen atoms in total. The molecule has 112 valence electrons. The largest absolute Gasteiger partial charge is 0.299 e. The van der Waals surface area contributed by atoms with E-state index in [0.29, 0.717) is 11.0 Å². The lowest BCUT2D eigenvalue weighted by Crippen LogP contribution is -2.23. The fourth-order valence-electron chi connectivity index (χ4n) is 2.64. The van der Waals surface area contributed by atoms with Crippen LogP contribution in [0.4, 0.5) is 5.13 Å². The van der Waals surface area contributed by atoms with Crippen LogP contribution in [-0.4, -0.2) is 25.9 Å². The molecule has 3 rings (SSSR count). The molecule has 0 radical (unpaired) electrons. The van der Waals surface area contributed by atoms with Crippen LogP contribution in [0.2, 0.25) is 0 Å². The molecule has 2 heterocycles. The van der Waals surface area contributed by atoms with Crippen molar-refractivity contribution in [2.24, 2.45) is 0 Å². The van der Waals surface area contributed by atoms with Gasteiger partial charge in [-0.2, -0.15) is 5.10 Å². The second kappa shape index (κ2) is 6.34. The van der Waals surface area contributed by atoms with Crippen molar-refractivity contribution in [1.29, 1.82) is 0 Å². The van der Waals surface area contributed by atoms with Crippen LogP contribution >= 0.6 is 11.3 Å². The van der Waals surface area contributed by atoms with Crippen molar-refractivity contribution >= 4 is 22.4 Å². The highest BCUT2D eigenvalue weighted by molar-refractivity contribution is 7.15. The van der Waals surface area contributed by atoms with Crippen LogP contribution in [0, 0.1) is 0 Å². The number of hydrogen-bond donors (Lipinski definition) is 1. The number of amides is 1. The minimum atomic E-state index is -0.359. The Labute approximate surface area is 127 Å². The molecule has 0 saturated heterocycles. The number of anilines is 1. The van der Waals surface area contributed by atoms with Gasteiger partial charge < -0.3 is 0 Å². The fraction of sp³-hybridized carbons (Fsp3) is 0.571. The number of carbonyl (C=O) groups excluding carboxylic acids is 1. The normalized spacial score (nSPS) is 17.6. The standard InChI is InChI=1S/C14H19N5OS/c1-10(19-9-5-8-15-19)12(20)16-14-18-17-13(21-14)11-6-3-2-4-7-11/h5,8-11H,2-4,6-7H2,1H3,(H,16,18,20). The van der Waals surface area contributed by atoms with E-state index in [9.17, 15) is 4.79 Å². The zero-order valence-electron chi connectivity index (χ0n) is 12.0. The van der Waals surface area contributed by atoms with Gasteiger partial charge in [0.2, 0.25) is 5.13 Å². The summed E-state index contributed by atoms with van der Waals surface area (Å²) in [5.41, 5.74) is 0. The molecule has 21 heavy (non-hydrogen) atoms. The highest BCUT2D eigenvalue weighted by Crippen LogP contribution is 2.35. The van der Waals surface area contributed by atoms with Gasteiger partial charge in [0.05, 0.1) is 0 Å². The maximum absolute atomic E-state index is 12.2. The molecule has 1 fully saturated rings. The quantitative estimate of drug-likeness (QED) is 0.942. The van der Waals surface area contributed by atoms with Crippen LogP contribution in [-0.2, 0) is 4.79 Å². The monoisotopic (exact) mass is 305 g/mol. The third-order valence-corrected chi connectivity index (χ3v) is 4.93. The molecule has 0 aromatic carbocycles. The maximum atomic E-state index is 12.2. The molecule has 1 aliphatic rings. The first-order valence-electron chi connectivity index (χ1n) is 7.37. The Bertz CT molecular complexity index is 588. The Morgan fingerprint density at radius 2 is 2.19 bits per heavy atom. The number of carbonyl (C=O) groups is 1. The summed E-state index contributed by atoms with van der Waals surface area (Å²) in [6.07, 6.45) is 9.66. The van der Waals surface area contributed by atoms with Crippen LogP contribution in [0.5, 0.6) is 0 Å². The third-order valence-electron chi connectivity index (χ3n) is 3.93. The van der Waals surface area contributed by atoms with Crippen molar-refractivity contribution in [3.8, 4) is 0 Å². The van der Waals surface area contributed by atoms with Crippen molar-refractivity contribution in [2.45, 2.75) is 51.0 Å². The number of hydrogen-bond acceptors (Lipinski definition) is 5. The lowest BCUT2D eigenvalue weighted by molar-refractivity contribution is -0.119. The molecule has 1 aliphatic carbocycles. The van der Waals surface area contributed by atoms with Gasteiger partial charge in [-0.05, 0) is 25.8 Å². The molecule has 2 aromatic heterocycles. The Morgan fingerprint density at radius 3 is 2.90 bits per heavy atom. The summed E-state index contributed by atoms with van der Waals surface area (Å²) in [6, 6.07) is 1.44. The second-order valence-corrected chi connectivity index (χ2v) is 6.44. The molecule has 1 N–H and O–H groups in total. The van der Waals surface area contributed by atoms with E-state index in [1.165, 1.54) is 43.4 Å². The van der Waals surface area contributed by atoms with Gasteiger partial charge in [0.1, 0.15) is 11.0 Å². The summed E-state index contributed by atoms with van der Waals surface area (Å²) in [5, 5.41) is 16.9. The first kappa shape index (κ1) is 14.2. The zero-order chi connectivity index (χ0) is 14.7. The number of nitrogens with one attached hydrogen (secondary N) is 1. The first-order valence-corrected chi connectivity index (χ1v) is 8.19. The highest BCUT2D eigenvalue weighted by Gasteiger charge is 2.21. The average Bonchev–Trinajstić information content (AvgIpc) is 3.19. The summed E-state index contributed by atoms with van der Waals surface area (Å²) >= 11 is 1.50. The van der Waals surface area contributed by atoms with Crippen molar-refractivity contribution in [1.82, 2.24) is 20.0 Å². The summed E-state index contributed by atoms with van der Waals surface area (Å²) in [5.74, 6) is 0.399. The Hall–Kier alpha value is -1.76. The summed E-state index contributed by atoms with van der Waals surface area (Å²) in [7, 11) is 0. The Balaban J connectivity index is 1.62. The topological polar surface area (TPSA) is 72.7 Å². The van der Waals surface area contributed by atoms with Crippen LogP contribution in [0.3, 0.4) is 0 Å². The van der Waals surface area contributed by atoms with Crippen molar-refractivity contribution in [3.05, 3.63) is 23.5 Å². The van der Waals surface area contributed by atoms with E-state index >= 15 is 0 Å². The first-order chi connectivity index (χ1) is 10.2. The van der Waals surface area contributed by atoms with Gasteiger partial charge >= 0.3 is 0 Å². The molecule has 1 unspecified atom stereocenters. The van der Waals surface area contributed by atoms with Gasteiger partial charge in [-0.3, -0.25) is 14.8 Å². The van der Waals surface area contributed by atoms with Crippen molar-refractivity contribution < 1.29 is 4.79 Å². The van der Waals surface area contributed by atoms with Gasteiger partial charge in [0, 0.05) is 18.3 Å². The van der Waals surface area contributed by atoms with Crippen LogP contribution in [0.25, 0.3) is 0 Å². The van der Waals surface area contributed by atoms with E-state index in [-0.39, 0.29) is 11.9 Å². The molecule has 1 amide bonds. The van der Waals surface area contributed by atoms with Crippen LogP contribution in [0.15, 0.2) is 18.5 Å². The predicted octanol–water partition coefficient (Wildman–Crippen LogP) is 2.98. The van der Waals surface area contributed by atoms with Crippen molar-refractivity contribution in [3.63, 3.8) is 0 Å². The molecule has 2 aromatic rings. The predicted molar refractivity (Wildman–Crippen MR) is 81.3 cm³/mol. The lowest BCUT2D eigenvalue weighted by atomic mass is 9.90. The zero-order valence-corrected chi connectivity index (χ0v) is 12.8. The molecule has 1 atom stereocenters. The lowest BCUT2D eigenvalue weighted by Gasteiger charge is -2.18. The van der Waals surface area contributed by atoms with Gasteiger partial charge in [0.25, 0.3) is 5.91 Å². The second-order valence-electron chi connectivity index (χ2n) is 5.43. The Morgan fingerprint density at radius 1 is 1.38 bits per heavy atom. The van der Waals surface area contributed by atoms with Crippen LogP contribution < -0.4 is 5.32 Å². The van der Waals surface area contributed by atoms with E-state index in [0.717, 1.165) is 5.01 Å². The van der Waals surface area contributed by atoms with Gasteiger partial charge in [-0.15, -0.1) is 10.2 Å². The molecule has 7 heteroatoms. The summed E-state index contributed by atoms with van der Waals surface area (Å²) in [4.78, 5) is 12.2. The number of rotatable bonds is 4. The minimum absolute atomic E-state index is 0.120. The van der Waals surface area contributed by atoms with E-state index in [1.807, 2.05) is 6.92 Å². The van der Waals surface area contributed by atoms with Gasteiger partial charge in [-0.25, -0.2) is 0 Å². The molecule has 0 spiro atoms. The molecule has 1 saturated carbocycles. The minimum Gasteiger partial charge on any atom is -0.299 e. The van der Waals surface area contributed by atoms with E-state index in [1.54, 1.807) is 23.1 Å². The van der Waals surface area contributed by atoms with Crippen molar-refractivity contribution in [2.75, 3.05) is 5.32 Å². The average molecular weight is 305 g/mol. The third kappa shape index (κ3) is 3.29. The molecular weight excluding hydrogens is 286 g/mol. The van der Waals surface area contributed by atoms with E-state index < -0.39 is 0 Å². The van der Waals surface area contributed by atoms with Crippen LogP contribution in [0.1, 0.15) is 56.0 Å². The Kier molecular flexibility index (Phi) is 4.28. The van der Waals surface area contributed by atoms with E-state index in [4.69, 9.17) is 0 Å². The highest BCUT2D eigenvalue weighted by atomic mass is 32.1. The fourth-order valence-corrected chi connectivity index (χ4v) is 3.55. The van der Waals surface area contributed by atoms with E-state index in [2.05, 4.69) is 20.6 Å². The number of nitrogens with zero attached hydrogens (tertiary/aromatic N) is 4. The maximum Gasteiger partial charge on any atom is 0.250 e. The molecule has 0 aliphatic heterocycles. The molecular formula is C14H19N5OS. The van der Waals surface area contributed by atoms with Gasteiger partial charge in [0.15, 0.2) is 0 Å². The summed E-state index contributed by atoms with van der Waals surface area (Å²) in [6.45, 7) is 1.81. The molecule has 0 bridgehead atoms. The SMILES string of the molecule is CC(C(=O)Nc1nnc(C2CCCCC2)s1)n1cccn1.